The molecule has 2 aliphatic rings. The van der Waals surface area contributed by atoms with Crippen molar-refractivity contribution < 1.29 is 9.68 Å². The van der Waals surface area contributed by atoms with E-state index in [4.69, 9.17) is 32.9 Å². The lowest BCUT2D eigenvalue weighted by Crippen LogP contribution is -2.14. The highest BCUT2D eigenvalue weighted by molar-refractivity contribution is 9.10. The Hall–Kier alpha value is -6.48. The Morgan fingerprint density at radius 1 is 0.405 bits per heavy atom. The Morgan fingerprint density at radius 2 is 0.851 bits per heavy atom. The Bertz CT molecular complexity index is 4150. The molecule has 0 saturated carbocycles. The van der Waals surface area contributed by atoms with Crippen LogP contribution in [0.5, 0.6) is 5.75 Å². The number of thiophene rings is 2. The van der Waals surface area contributed by atoms with Crippen molar-refractivity contribution in [3.8, 4) is 61.4 Å². The summed E-state index contributed by atoms with van der Waals surface area (Å²) in [5.41, 5.74) is 18.0. The summed E-state index contributed by atoms with van der Waals surface area (Å²) in [6.45, 7) is 9.25. The molecule has 14 rings (SSSR count). The first-order valence-electron chi connectivity index (χ1n) is 24.6. The quantitative estimate of drug-likeness (QED) is 0.174. The summed E-state index contributed by atoms with van der Waals surface area (Å²) in [4.78, 5) is 0. The van der Waals surface area contributed by atoms with Gasteiger partial charge in [0.25, 0.3) is 0 Å². The predicted octanol–water partition coefficient (Wildman–Crippen LogP) is 20.4. The van der Waals surface area contributed by atoms with Crippen LogP contribution in [0.1, 0.15) is 49.9 Å². The first-order chi connectivity index (χ1) is 35.9. The third-order valence-electron chi connectivity index (χ3n) is 14.9. The standard InChI is InChI=1S/C33H23ClS.C21H16BrCl.C12H8BO2S/c1-33(2)29-12-5-3-8-25(29)26-15-14-20(19-30(26)33)21-16-22(18-23(34)17-21)24-10-7-11-28-27-9-4-6-13-31(27)35-32(24)28;1-21(2)19-6-4-3-5-17(19)18-8-7-13(11-20(18)21)14-9-15(22)12-16(23)10-14;14-13-15-10-6-3-5-9-8-4-1-2-7-11(8)16-12(9)10/h3-19H,1-2H3;3-12H,1-2H3;1-7,14H. The molecule has 12 aromatic rings. The SMILES string of the molecule is CC1(C)c2ccccc2-c2ccc(-c3cc(Cl)cc(-c4cccc5c4sc4ccccc45)c3)cc21.CC1(C)c2ccccc2-c2ccc(-c3cc(Cl)cc(Br)c3)cc21.O[B]Oc1cccc2c1sc1ccccc12. The van der Waals surface area contributed by atoms with E-state index in [2.05, 4.69) is 213 Å². The lowest BCUT2D eigenvalue weighted by atomic mass is 9.81. The molecule has 0 unspecified atom stereocenters. The fraction of sp³-hybridized carbons (Fsp3) is 0.0909. The van der Waals surface area contributed by atoms with Crippen LogP contribution in [-0.4, -0.2) is 12.7 Å². The number of fused-ring (bicyclic) bond motifs is 12. The zero-order valence-corrected chi connectivity index (χ0v) is 45.7. The van der Waals surface area contributed by atoms with Gasteiger partial charge in [-0.3, -0.25) is 0 Å². The molecule has 0 amide bonds. The van der Waals surface area contributed by atoms with Crippen LogP contribution in [0.3, 0.4) is 0 Å². The topological polar surface area (TPSA) is 29.5 Å². The van der Waals surface area contributed by atoms with Gasteiger partial charge in [-0.25, -0.2) is 0 Å². The van der Waals surface area contributed by atoms with E-state index in [0.717, 1.165) is 43.6 Å². The fourth-order valence-corrected chi connectivity index (χ4v) is 14.7. The summed E-state index contributed by atoms with van der Waals surface area (Å²) in [6.07, 6.45) is 0. The molecule has 10 aromatic carbocycles. The van der Waals surface area contributed by atoms with Crippen molar-refractivity contribution >= 4 is 110 Å². The lowest BCUT2D eigenvalue weighted by Gasteiger charge is -2.22. The van der Waals surface area contributed by atoms with Crippen molar-refractivity contribution in [2.75, 3.05) is 0 Å². The maximum Gasteiger partial charge on any atom is 0.569 e. The maximum absolute atomic E-state index is 8.71. The van der Waals surface area contributed by atoms with Crippen LogP contribution in [0, 0.1) is 0 Å². The summed E-state index contributed by atoms with van der Waals surface area (Å²) in [6, 6.07) is 73.0. The first kappa shape index (κ1) is 48.5. The molecule has 359 valence electrons. The number of rotatable bonds is 5. The molecular weight excluding hydrogens is 1050 g/mol. The van der Waals surface area contributed by atoms with Gasteiger partial charge in [-0.15, -0.1) is 22.7 Å². The van der Waals surface area contributed by atoms with E-state index >= 15 is 0 Å². The molecule has 2 heterocycles. The van der Waals surface area contributed by atoms with Crippen LogP contribution >= 0.6 is 61.8 Å². The second-order valence-corrected chi connectivity index (χ2v) is 23.9. The van der Waals surface area contributed by atoms with Gasteiger partial charge >= 0.3 is 7.69 Å². The summed E-state index contributed by atoms with van der Waals surface area (Å²) in [7, 11) is 0.721. The Kier molecular flexibility index (Phi) is 12.7. The summed E-state index contributed by atoms with van der Waals surface area (Å²) in [5.74, 6) is 0.696. The molecule has 8 heteroatoms. The molecule has 0 fully saturated rings. The summed E-state index contributed by atoms with van der Waals surface area (Å²) >= 11 is 20.0. The second kappa shape index (κ2) is 19.3. The molecule has 0 spiro atoms. The largest absolute Gasteiger partial charge is 0.569 e. The summed E-state index contributed by atoms with van der Waals surface area (Å²) in [5, 5.41) is 15.2. The maximum atomic E-state index is 8.71. The van der Waals surface area contributed by atoms with E-state index < -0.39 is 0 Å². The molecule has 2 nitrogen and oxygen atoms in total. The van der Waals surface area contributed by atoms with Gasteiger partial charge < -0.3 is 9.68 Å². The Labute approximate surface area is 458 Å². The van der Waals surface area contributed by atoms with Gasteiger partial charge in [0.2, 0.25) is 0 Å². The zero-order chi connectivity index (χ0) is 50.9. The van der Waals surface area contributed by atoms with Crippen LogP contribution in [-0.2, 0) is 10.8 Å². The van der Waals surface area contributed by atoms with Crippen LogP contribution in [0.25, 0.3) is 96.0 Å². The van der Waals surface area contributed by atoms with Gasteiger partial charge in [0.1, 0.15) is 5.75 Å². The van der Waals surface area contributed by atoms with Gasteiger partial charge in [0.05, 0.1) is 4.70 Å². The minimum absolute atomic E-state index is 0.0218. The second-order valence-electron chi connectivity index (χ2n) is 20.0. The Morgan fingerprint density at radius 3 is 1.43 bits per heavy atom. The smallest absolute Gasteiger partial charge is 0.536 e. The van der Waals surface area contributed by atoms with Gasteiger partial charge in [-0.2, -0.15) is 0 Å². The van der Waals surface area contributed by atoms with Crippen LogP contribution in [0.2, 0.25) is 10.0 Å². The lowest BCUT2D eigenvalue weighted by molar-refractivity contribution is 0.457. The average molecular weight is 1100 g/mol. The van der Waals surface area contributed by atoms with E-state index in [-0.39, 0.29) is 10.8 Å². The van der Waals surface area contributed by atoms with E-state index in [1.54, 1.807) is 11.3 Å². The monoisotopic (exact) mass is 1100 g/mol. The zero-order valence-electron chi connectivity index (χ0n) is 41.0. The molecule has 2 aromatic heterocycles. The molecule has 1 N–H and O–H groups in total. The number of hydrogen-bond donors (Lipinski definition) is 1. The number of benzene rings is 10. The van der Waals surface area contributed by atoms with Gasteiger partial charge in [-0.1, -0.05) is 206 Å². The van der Waals surface area contributed by atoms with Crippen molar-refractivity contribution in [3.05, 3.63) is 243 Å². The van der Waals surface area contributed by atoms with E-state index in [9.17, 15) is 0 Å². The highest BCUT2D eigenvalue weighted by atomic mass is 79.9. The molecule has 74 heavy (non-hydrogen) atoms. The number of hydrogen-bond acceptors (Lipinski definition) is 4. The first-order valence-corrected chi connectivity index (χ1v) is 27.8. The molecule has 1 radical (unpaired) electrons. The van der Waals surface area contributed by atoms with E-state index in [1.807, 2.05) is 47.7 Å². The average Bonchev–Trinajstić information content (AvgIpc) is 4.14. The van der Waals surface area contributed by atoms with Crippen molar-refractivity contribution in [2.24, 2.45) is 0 Å². The van der Waals surface area contributed by atoms with E-state index in [1.165, 1.54) is 96.8 Å². The molecular formula is C66H47BBrCl2O2S2. The highest BCUT2D eigenvalue weighted by Crippen LogP contribution is 2.52. The third kappa shape index (κ3) is 8.56. The van der Waals surface area contributed by atoms with Crippen molar-refractivity contribution in [2.45, 2.75) is 38.5 Å². The van der Waals surface area contributed by atoms with Crippen LogP contribution in [0.15, 0.2) is 211 Å². The molecule has 2 aliphatic carbocycles. The molecule has 0 saturated heterocycles. The molecule has 0 atom stereocenters. The fourth-order valence-electron chi connectivity index (χ4n) is 11.2. The predicted molar refractivity (Wildman–Crippen MR) is 323 cm³/mol. The summed E-state index contributed by atoms with van der Waals surface area (Å²) < 4.78 is 11.0. The van der Waals surface area contributed by atoms with Gasteiger partial charge in [0, 0.05) is 61.0 Å². The minimum Gasteiger partial charge on any atom is -0.536 e. The number of halogens is 3. The third-order valence-corrected chi connectivity index (χ3v) is 18.2. The van der Waals surface area contributed by atoms with Crippen LogP contribution < -0.4 is 4.65 Å². The van der Waals surface area contributed by atoms with E-state index in [0.29, 0.717) is 5.75 Å². The minimum atomic E-state index is -0.0218. The van der Waals surface area contributed by atoms with Crippen LogP contribution in [0.4, 0.5) is 0 Å². The van der Waals surface area contributed by atoms with Crippen molar-refractivity contribution in [1.29, 1.82) is 0 Å². The van der Waals surface area contributed by atoms with Gasteiger partial charge in [0.15, 0.2) is 0 Å². The highest BCUT2D eigenvalue weighted by Gasteiger charge is 2.36. The molecule has 0 bridgehead atoms. The van der Waals surface area contributed by atoms with Crippen molar-refractivity contribution in [3.63, 3.8) is 0 Å². The Balaban J connectivity index is 0.000000122. The normalized spacial score (nSPS) is 13.4. The van der Waals surface area contributed by atoms with Gasteiger partial charge in [-0.05, 0) is 145 Å². The molecule has 0 aliphatic heterocycles. The van der Waals surface area contributed by atoms with Crippen molar-refractivity contribution in [1.82, 2.24) is 0 Å².